The van der Waals surface area contributed by atoms with E-state index in [-0.39, 0.29) is 11.4 Å². The van der Waals surface area contributed by atoms with Crippen LogP contribution in [0.5, 0.6) is 0 Å². The predicted octanol–water partition coefficient (Wildman–Crippen LogP) is 3.18. The summed E-state index contributed by atoms with van der Waals surface area (Å²) < 4.78 is 26.8. The summed E-state index contributed by atoms with van der Waals surface area (Å²) in [6.07, 6.45) is 0. The molecule has 0 aliphatic heterocycles. The van der Waals surface area contributed by atoms with Gasteiger partial charge in [0, 0.05) is 10.7 Å². The number of aryl methyl sites for hydroxylation is 3. The normalized spacial score (nSPS) is 11.3. The largest absolute Gasteiger partial charge is 0.325 e. The molecule has 2 aromatic rings. The van der Waals surface area contributed by atoms with E-state index in [1.807, 2.05) is 13.8 Å². The molecule has 0 radical (unpaired) electrons. The first-order valence-electron chi connectivity index (χ1n) is 7.32. The zero-order chi connectivity index (χ0) is 17.9. The van der Waals surface area contributed by atoms with Gasteiger partial charge in [-0.3, -0.25) is 4.79 Å². The molecule has 5 nitrogen and oxygen atoms in total. The third kappa shape index (κ3) is 4.56. The van der Waals surface area contributed by atoms with Crippen molar-refractivity contribution in [1.29, 1.82) is 0 Å². The fourth-order valence-electron chi connectivity index (χ4n) is 2.09. The predicted molar refractivity (Wildman–Crippen MR) is 95.9 cm³/mol. The molecule has 0 aliphatic rings. The number of carbonyl (C=O) groups excluding carboxylic acids is 1. The molecule has 2 rings (SSSR count). The Morgan fingerprint density at radius 1 is 1.00 bits per heavy atom. The fraction of sp³-hybridized carbons (Fsp3) is 0.235. The van der Waals surface area contributed by atoms with E-state index in [1.54, 1.807) is 37.3 Å². The molecule has 0 heterocycles. The minimum absolute atomic E-state index is 0.140. The monoisotopic (exact) mass is 366 g/mol. The Kier molecular flexibility index (Phi) is 5.64. The van der Waals surface area contributed by atoms with Gasteiger partial charge >= 0.3 is 0 Å². The third-order valence-electron chi connectivity index (χ3n) is 3.67. The molecule has 7 heteroatoms. The van der Waals surface area contributed by atoms with Gasteiger partial charge in [0.1, 0.15) is 0 Å². The van der Waals surface area contributed by atoms with Crippen molar-refractivity contribution in [3.63, 3.8) is 0 Å². The molecule has 0 unspecified atom stereocenters. The number of hydrogen-bond acceptors (Lipinski definition) is 3. The second-order valence-electron chi connectivity index (χ2n) is 5.58. The smallest absolute Gasteiger partial charge is 0.241 e. The van der Waals surface area contributed by atoms with E-state index in [1.165, 1.54) is 6.07 Å². The van der Waals surface area contributed by atoms with Crippen LogP contribution in [0.15, 0.2) is 41.3 Å². The molecule has 2 aromatic carbocycles. The van der Waals surface area contributed by atoms with Crippen LogP contribution in [0.4, 0.5) is 5.69 Å². The van der Waals surface area contributed by atoms with Gasteiger partial charge in [0.15, 0.2) is 0 Å². The van der Waals surface area contributed by atoms with Crippen LogP contribution in [0.3, 0.4) is 0 Å². The summed E-state index contributed by atoms with van der Waals surface area (Å²) in [7, 11) is -3.74. The standard InChI is InChI=1S/C17H19ClN2O3S/c1-11-4-6-15(9-12(11)2)24(22,23)19-10-17(21)20-16-7-5-14(18)8-13(16)3/h4-9,19H,10H2,1-3H3,(H,20,21). The lowest BCUT2D eigenvalue weighted by Crippen LogP contribution is -2.33. The molecule has 128 valence electrons. The second-order valence-corrected chi connectivity index (χ2v) is 7.78. The molecule has 0 spiro atoms. The maximum Gasteiger partial charge on any atom is 0.241 e. The number of amides is 1. The Labute approximate surface area is 147 Å². The van der Waals surface area contributed by atoms with Crippen molar-refractivity contribution in [3.8, 4) is 0 Å². The van der Waals surface area contributed by atoms with Crippen molar-refractivity contribution in [2.75, 3.05) is 11.9 Å². The number of halogens is 1. The minimum atomic E-state index is -3.74. The van der Waals surface area contributed by atoms with E-state index in [4.69, 9.17) is 11.6 Å². The number of benzene rings is 2. The average Bonchev–Trinajstić information content (AvgIpc) is 2.51. The zero-order valence-electron chi connectivity index (χ0n) is 13.7. The molecule has 0 fully saturated rings. The van der Waals surface area contributed by atoms with Crippen LogP contribution in [0, 0.1) is 20.8 Å². The highest BCUT2D eigenvalue weighted by Crippen LogP contribution is 2.19. The van der Waals surface area contributed by atoms with Crippen LogP contribution in [0.2, 0.25) is 5.02 Å². The highest BCUT2D eigenvalue weighted by atomic mass is 35.5. The van der Waals surface area contributed by atoms with Gasteiger partial charge in [-0.1, -0.05) is 17.7 Å². The Hall–Kier alpha value is -1.89. The van der Waals surface area contributed by atoms with Crippen molar-refractivity contribution < 1.29 is 13.2 Å². The molecule has 0 aromatic heterocycles. The van der Waals surface area contributed by atoms with E-state index < -0.39 is 15.9 Å². The highest BCUT2D eigenvalue weighted by Gasteiger charge is 2.16. The lowest BCUT2D eigenvalue weighted by Gasteiger charge is -2.11. The van der Waals surface area contributed by atoms with Gasteiger partial charge in [0.2, 0.25) is 15.9 Å². The maximum absolute atomic E-state index is 12.3. The van der Waals surface area contributed by atoms with Gasteiger partial charge in [-0.15, -0.1) is 0 Å². The van der Waals surface area contributed by atoms with Gasteiger partial charge < -0.3 is 5.32 Å². The Morgan fingerprint density at radius 2 is 1.71 bits per heavy atom. The van der Waals surface area contributed by atoms with E-state index in [0.29, 0.717) is 10.7 Å². The summed E-state index contributed by atoms with van der Waals surface area (Å²) in [6.45, 7) is 5.20. The van der Waals surface area contributed by atoms with E-state index in [0.717, 1.165) is 16.7 Å². The summed E-state index contributed by atoms with van der Waals surface area (Å²) in [5.74, 6) is -0.451. The van der Waals surface area contributed by atoms with Gasteiger partial charge in [-0.25, -0.2) is 13.1 Å². The first kappa shape index (κ1) is 18.4. The summed E-state index contributed by atoms with van der Waals surface area (Å²) in [4.78, 5) is 12.1. The van der Waals surface area contributed by atoms with E-state index >= 15 is 0 Å². The number of carbonyl (C=O) groups is 1. The summed E-state index contributed by atoms with van der Waals surface area (Å²) in [5.41, 5.74) is 3.27. The minimum Gasteiger partial charge on any atom is -0.325 e. The molecule has 24 heavy (non-hydrogen) atoms. The van der Waals surface area contributed by atoms with E-state index in [2.05, 4.69) is 10.0 Å². The third-order valence-corrected chi connectivity index (χ3v) is 5.31. The van der Waals surface area contributed by atoms with Crippen molar-refractivity contribution in [2.45, 2.75) is 25.7 Å². The maximum atomic E-state index is 12.3. The van der Waals surface area contributed by atoms with Gasteiger partial charge in [0.05, 0.1) is 11.4 Å². The lowest BCUT2D eigenvalue weighted by molar-refractivity contribution is -0.115. The van der Waals surface area contributed by atoms with Crippen LogP contribution in [0.25, 0.3) is 0 Å². The van der Waals surface area contributed by atoms with Crippen LogP contribution < -0.4 is 10.0 Å². The van der Waals surface area contributed by atoms with E-state index in [9.17, 15) is 13.2 Å². The SMILES string of the molecule is Cc1ccc(S(=O)(=O)NCC(=O)Nc2ccc(Cl)cc2C)cc1C. The molecular weight excluding hydrogens is 348 g/mol. The first-order valence-corrected chi connectivity index (χ1v) is 9.18. The fourth-order valence-corrected chi connectivity index (χ4v) is 3.38. The van der Waals surface area contributed by atoms with Crippen molar-refractivity contribution >= 4 is 33.2 Å². The lowest BCUT2D eigenvalue weighted by atomic mass is 10.1. The van der Waals surface area contributed by atoms with Crippen LogP contribution in [-0.2, 0) is 14.8 Å². The molecule has 0 atom stereocenters. The van der Waals surface area contributed by atoms with Crippen LogP contribution >= 0.6 is 11.6 Å². The average molecular weight is 367 g/mol. The molecule has 2 N–H and O–H groups in total. The molecular formula is C17H19ClN2O3S. The summed E-state index contributed by atoms with van der Waals surface area (Å²) >= 11 is 5.86. The van der Waals surface area contributed by atoms with Crippen molar-refractivity contribution in [2.24, 2.45) is 0 Å². The first-order chi connectivity index (χ1) is 11.2. The van der Waals surface area contributed by atoms with Crippen LogP contribution in [-0.4, -0.2) is 20.9 Å². The number of hydrogen-bond donors (Lipinski definition) is 2. The quantitative estimate of drug-likeness (QED) is 0.853. The second kappa shape index (κ2) is 7.34. The Balaban J connectivity index is 2.03. The highest BCUT2D eigenvalue weighted by molar-refractivity contribution is 7.89. The topological polar surface area (TPSA) is 75.3 Å². The van der Waals surface area contributed by atoms with Gasteiger partial charge in [-0.05, 0) is 67.8 Å². The molecule has 0 saturated carbocycles. The van der Waals surface area contributed by atoms with Crippen molar-refractivity contribution in [3.05, 3.63) is 58.1 Å². The van der Waals surface area contributed by atoms with Crippen molar-refractivity contribution in [1.82, 2.24) is 4.72 Å². The number of rotatable bonds is 5. The zero-order valence-corrected chi connectivity index (χ0v) is 15.3. The Bertz CT molecular complexity index is 879. The number of sulfonamides is 1. The van der Waals surface area contributed by atoms with Crippen LogP contribution in [0.1, 0.15) is 16.7 Å². The molecule has 0 bridgehead atoms. The molecule has 0 aliphatic carbocycles. The summed E-state index contributed by atoms with van der Waals surface area (Å²) in [5, 5.41) is 3.23. The number of anilines is 1. The molecule has 0 saturated heterocycles. The molecule has 1 amide bonds. The van der Waals surface area contributed by atoms with Gasteiger partial charge in [-0.2, -0.15) is 0 Å². The van der Waals surface area contributed by atoms with Gasteiger partial charge in [0.25, 0.3) is 0 Å². The summed E-state index contributed by atoms with van der Waals surface area (Å²) in [6, 6.07) is 9.89. The Morgan fingerprint density at radius 3 is 2.33 bits per heavy atom. The number of nitrogens with one attached hydrogen (secondary N) is 2.